The van der Waals surface area contributed by atoms with Gasteiger partial charge < -0.3 is 8.98 Å². The van der Waals surface area contributed by atoms with Crippen molar-refractivity contribution in [3.05, 3.63) is 71.9 Å². The summed E-state index contributed by atoms with van der Waals surface area (Å²) in [7, 11) is 0. The van der Waals surface area contributed by atoms with Crippen molar-refractivity contribution in [2.45, 2.75) is 44.4 Å². The number of hydrogen-bond donors (Lipinski definition) is 0. The van der Waals surface area contributed by atoms with E-state index >= 15 is 0 Å². The molecule has 1 atom stereocenters. The number of hydrogen-bond acceptors (Lipinski definition) is 5. The number of amides is 1. The zero-order chi connectivity index (χ0) is 20.2. The van der Waals surface area contributed by atoms with Crippen LogP contribution in [0.1, 0.15) is 42.7 Å². The Morgan fingerprint density at radius 1 is 1.28 bits per heavy atom. The van der Waals surface area contributed by atoms with Gasteiger partial charge in [-0.1, -0.05) is 48.5 Å². The molecule has 7 heteroatoms. The maximum Gasteiger partial charge on any atom is 0.253 e. The molecule has 0 saturated carbocycles. The Bertz CT molecular complexity index is 992. The van der Waals surface area contributed by atoms with Crippen LogP contribution in [0, 0.1) is 6.92 Å². The van der Waals surface area contributed by atoms with Gasteiger partial charge in [-0.25, -0.2) is 9.99 Å². The van der Waals surface area contributed by atoms with Crippen molar-refractivity contribution < 1.29 is 9.21 Å². The third-order valence-electron chi connectivity index (χ3n) is 4.89. The first kappa shape index (κ1) is 19.5. The molecule has 1 unspecified atom stereocenters. The fourth-order valence-electron chi connectivity index (χ4n) is 3.40. The van der Waals surface area contributed by atoms with Crippen LogP contribution in [-0.2, 0) is 11.3 Å². The van der Waals surface area contributed by atoms with E-state index in [-0.39, 0.29) is 17.7 Å². The largest absolute Gasteiger partial charge is 0.467 e. The highest BCUT2D eigenvalue weighted by molar-refractivity contribution is 7.99. The van der Waals surface area contributed by atoms with Crippen molar-refractivity contribution in [1.29, 1.82) is 0 Å². The van der Waals surface area contributed by atoms with E-state index in [2.05, 4.69) is 52.8 Å². The maximum atomic E-state index is 13.1. The second-order valence-electron chi connectivity index (χ2n) is 7.08. The van der Waals surface area contributed by atoms with Gasteiger partial charge in [0.1, 0.15) is 11.8 Å². The summed E-state index contributed by atoms with van der Waals surface area (Å²) in [5.74, 6) is 0.981. The number of aromatic nitrogens is 2. The Kier molecular flexibility index (Phi) is 5.85. The molecule has 0 bridgehead atoms. The van der Waals surface area contributed by atoms with Crippen LogP contribution >= 0.6 is 11.8 Å². The summed E-state index contributed by atoms with van der Waals surface area (Å²) in [5, 5.41) is 7.12. The normalized spacial score (nSPS) is 16.3. The molecule has 3 heterocycles. The van der Waals surface area contributed by atoms with E-state index in [4.69, 9.17) is 4.42 Å². The van der Waals surface area contributed by atoms with E-state index in [1.165, 1.54) is 17.3 Å². The lowest BCUT2D eigenvalue weighted by molar-refractivity contribution is -0.130. The minimum Gasteiger partial charge on any atom is -0.467 e. The molecule has 0 saturated heterocycles. The van der Waals surface area contributed by atoms with E-state index in [9.17, 15) is 4.79 Å². The van der Waals surface area contributed by atoms with Gasteiger partial charge in [-0.2, -0.15) is 5.10 Å². The summed E-state index contributed by atoms with van der Waals surface area (Å²) >= 11 is 1.45. The van der Waals surface area contributed by atoms with Gasteiger partial charge in [-0.15, -0.1) is 0 Å². The monoisotopic (exact) mass is 408 g/mol. The molecular formula is C22H24N4O2S. The van der Waals surface area contributed by atoms with Gasteiger partial charge in [0.15, 0.2) is 5.16 Å². The number of carbonyl (C=O) groups excluding carboxylic acids is 1. The predicted molar refractivity (Wildman–Crippen MR) is 114 cm³/mol. The van der Waals surface area contributed by atoms with E-state index in [0.29, 0.717) is 6.42 Å². The van der Waals surface area contributed by atoms with Crippen LogP contribution in [-0.4, -0.2) is 31.9 Å². The Labute approximate surface area is 174 Å². The highest BCUT2D eigenvalue weighted by Gasteiger charge is 2.34. The molecule has 2 aromatic heterocycles. The number of furan rings is 1. The van der Waals surface area contributed by atoms with Crippen LogP contribution in [0.2, 0.25) is 0 Å². The standard InChI is InChI=1S/C22H24N4O2S/c1-3-11-25-12-10-23-22(25)29-15-21(27)26-19(20-5-4-13-28-20)14-18(24-26)17-8-6-16(2)7-9-17/h4-10,12-13,19H,3,11,14-15H2,1-2H3. The number of thioether (sulfide) groups is 1. The molecular weight excluding hydrogens is 384 g/mol. The number of rotatable bonds is 7. The second-order valence-corrected chi connectivity index (χ2v) is 8.02. The smallest absolute Gasteiger partial charge is 0.253 e. The summed E-state index contributed by atoms with van der Waals surface area (Å²) in [6, 6.07) is 11.8. The van der Waals surface area contributed by atoms with E-state index in [1.807, 2.05) is 18.3 Å². The summed E-state index contributed by atoms with van der Waals surface area (Å²) in [6.45, 7) is 5.07. The van der Waals surface area contributed by atoms with Crippen LogP contribution in [0.25, 0.3) is 0 Å². The Morgan fingerprint density at radius 3 is 2.83 bits per heavy atom. The molecule has 29 heavy (non-hydrogen) atoms. The molecule has 1 amide bonds. The number of hydrazone groups is 1. The van der Waals surface area contributed by atoms with Crippen LogP contribution in [0.5, 0.6) is 0 Å². The van der Waals surface area contributed by atoms with Gasteiger partial charge in [0.05, 0.1) is 17.7 Å². The van der Waals surface area contributed by atoms with Crippen molar-refractivity contribution in [3.8, 4) is 0 Å². The summed E-state index contributed by atoms with van der Waals surface area (Å²) < 4.78 is 7.69. The number of carbonyl (C=O) groups is 1. The first-order valence-electron chi connectivity index (χ1n) is 9.79. The number of benzene rings is 1. The molecule has 1 aromatic carbocycles. The SMILES string of the molecule is CCCn1ccnc1SCC(=O)N1N=C(c2ccc(C)cc2)CC1c1ccco1. The zero-order valence-electron chi connectivity index (χ0n) is 16.6. The van der Waals surface area contributed by atoms with Crippen molar-refractivity contribution in [1.82, 2.24) is 14.6 Å². The van der Waals surface area contributed by atoms with Gasteiger partial charge in [-0.3, -0.25) is 4.79 Å². The minimum absolute atomic E-state index is 0.0513. The Hall–Kier alpha value is -2.80. The van der Waals surface area contributed by atoms with Crippen molar-refractivity contribution in [3.63, 3.8) is 0 Å². The van der Waals surface area contributed by atoms with Crippen LogP contribution in [0.4, 0.5) is 0 Å². The summed E-state index contributed by atoms with van der Waals surface area (Å²) in [6.07, 6.45) is 7.02. The first-order chi connectivity index (χ1) is 14.2. The predicted octanol–water partition coefficient (Wildman–Crippen LogP) is 4.66. The number of nitrogens with zero attached hydrogens (tertiary/aromatic N) is 4. The fourth-order valence-corrected chi connectivity index (χ4v) is 4.24. The third-order valence-corrected chi connectivity index (χ3v) is 5.88. The van der Waals surface area contributed by atoms with Gasteiger partial charge >= 0.3 is 0 Å². The maximum absolute atomic E-state index is 13.1. The average molecular weight is 409 g/mol. The Morgan fingerprint density at radius 2 is 2.10 bits per heavy atom. The average Bonchev–Trinajstić information content (AvgIpc) is 3.47. The summed E-state index contributed by atoms with van der Waals surface area (Å²) in [4.78, 5) is 17.4. The highest BCUT2D eigenvalue weighted by atomic mass is 32.2. The number of aryl methyl sites for hydroxylation is 2. The van der Waals surface area contributed by atoms with Gasteiger partial charge in [0.2, 0.25) is 0 Å². The fraction of sp³-hybridized carbons (Fsp3) is 0.318. The molecule has 1 aliphatic rings. The minimum atomic E-state index is -0.218. The molecule has 150 valence electrons. The second kappa shape index (κ2) is 8.69. The number of imidazole rings is 1. The van der Waals surface area contributed by atoms with Gasteiger partial charge in [0, 0.05) is 25.4 Å². The lowest BCUT2D eigenvalue weighted by Gasteiger charge is -2.19. The lowest BCUT2D eigenvalue weighted by Crippen LogP contribution is -2.28. The topological polar surface area (TPSA) is 63.6 Å². The van der Waals surface area contributed by atoms with E-state index in [0.717, 1.165) is 35.2 Å². The van der Waals surface area contributed by atoms with E-state index < -0.39 is 0 Å². The molecule has 0 spiro atoms. The quantitative estimate of drug-likeness (QED) is 0.533. The molecule has 6 nitrogen and oxygen atoms in total. The van der Waals surface area contributed by atoms with Gasteiger partial charge in [0.25, 0.3) is 5.91 Å². The van der Waals surface area contributed by atoms with Crippen LogP contribution in [0.15, 0.2) is 69.7 Å². The van der Waals surface area contributed by atoms with Crippen LogP contribution < -0.4 is 0 Å². The van der Waals surface area contributed by atoms with Crippen molar-refractivity contribution >= 4 is 23.4 Å². The molecule has 4 rings (SSSR count). The lowest BCUT2D eigenvalue weighted by atomic mass is 10.0. The van der Waals surface area contributed by atoms with E-state index in [1.54, 1.807) is 17.5 Å². The van der Waals surface area contributed by atoms with Gasteiger partial charge in [-0.05, 0) is 31.0 Å². The molecule has 3 aromatic rings. The third kappa shape index (κ3) is 4.29. The molecule has 0 aliphatic carbocycles. The van der Waals surface area contributed by atoms with Crippen LogP contribution in [0.3, 0.4) is 0 Å². The zero-order valence-corrected chi connectivity index (χ0v) is 17.4. The van der Waals surface area contributed by atoms with Crippen molar-refractivity contribution in [2.24, 2.45) is 5.10 Å². The molecule has 0 fully saturated rings. The molecule has 0 radical (unpaired) electrons. The van der Waals surface area contributed by atoms with Crippen molar-refractivity contribution in [2.75, 3.05) is 5.75 Å². The molecule has 0 N–H and O–H groups in total. The first-order valence-corrected chi connectivity index (χ1v) is 10.8. The Balaban J connectivity index is 1.53. The highest BCUT2D eigenvalue weighted by Crippen LogP contribution is 2.34. The summed E-state index contributed by atoms with van der Waals surface area (Å²) in [5.41, 5.74) is 3.13. The molecule has 1 aliphatic heterocycles.